The molecular weight excluding hydrogens is 386 g/mol. The van der Waals surface area contributed by atoms with Crippen LogP contribution in [0.15, 0.2) is 48.8 Å². The average molecular weight is 416 g/mol. The molecule has 0 bridgehead atoms. The molecule has 0 saturated carbocycles. The molecule has 31 heavy (non-hydrogen) atoms. The first-order valence-electron chi connectivity index (χ1n) is 11.0. The molecule has 1 aromatic heterocycles. The summed E-state index contributed by atoms with van der Waals surface area (Å²) in [5.41, 5.74) is 6.10. The van der Waals surface area contributed by atoms with E-state index < -0.39 is 11.6 Å². The smallest absolute Gasteiger partial charge is 0.360 e. The van der Waals surface area contributed by atoms with E-state index in [0.717, 1.165) is 47.5 Å². The molecule has 1 atom stereocenters. The number of aromatic nitrogens is 2. The van der Waals surface area contributed by atoms with Crippen LogP contribution < -0.4 is 4.90 Å². The number of fused-ring (bicyclic) bond motifs is 1. The number of benzene rings is 2. The number of anilines is 1. The SMILES string of the molecule is CCc1ccc(C2(c3ccc(N(CC)CC)cc3C)OC(=O)c3nccnc32)c(C)c1. The predicted octanol–water partition coefficient (Wildman–Crippen LogP) is 4.96. The normalized spacial score (nSPS) is 17.4. The molecule has 5 nitrogen and oxygen atoms in total. The summed E-state index contributed by atoms with van der Waals surface area (Å²) in [7, 11) is 0. The fraction of sp³-hybridized carbons (Fsp3) is 0.346. The number of carbonyl (C=O) groups excluding carboxylic acids is 1. The highest BCUT2D eigenvalue weighted by molar-refractivity contribution is 5.93. The number of hydrogen-bond acceptors (Lipinski definition) is 5. The molecule has 0 fully saturated rings. The number of hydrogen-bond donors (Lipinski definition) is 0. The van der Waals surface area contributed by atoms with Crippen molar-refractivity contribution >= 4 is 11.7 Å². The Labute approximate surface area is 184 Å². The first kappa shape index (κ1) is 21.0. The highest BCUT2D eigenvalue weighted by Gasteiger charge is 2.52. The van der Waals surface area contributed by atoms with E-state index in [9.17, 15) is 4.79 Å². The third-order valence-corrected chi connectivity index (χ3v) is 6.27. The Bertz CT molecular complexity index is 1140. The lowest BCUT2D eigenvalue weighted by Crippen LogP contribution is -2.32. The minimum atomic E-state index is -1.11. The van der Waals surface area contributed by atoms with Gasteiger partial charge in [0, 0.05) is 42.3 Å². The van der Waals surface area contributed by atoms with Crippen molar-refractivity contribution in [1.82, 2.24) is 9.97 Å². The first-order valence-corrected chi connectivity index (χ1v) is 11.0. The van der Waals surface area contributed by atoms with Crippen molar-refractivity contribution in [3.05, 3.63) is 88.0 Å². The van der Waals surface area contributed by atoms with Gasteiger partial charge < -0.3 is 9.64 Å². The molecule has 0 spiro atoms. The molecule has 1 aliphatic rings. The van der Waals surface area contributed by atoms with Crippen molar-refractivity contribution in [1.29, 1.82) is 0 Å². The number of cyclic esters (lactones) is 1. The number of esters is 1. The summed E-state index contributed by atoms with van der Waals surface area (Å²) in [6, 6.07) is 12.7. The van der Waals surface area contributed by atoms with Crippen LogP contribution in [-0.4, -0.2) is 29.0 Å². The van der Waals surface area contributed by atoms with Crippen LogP contribution >= 0.6 is 0 Å². The van der Waals surface area contributed by atoms with Crippen LogP contribution in [0, 0.1) is 13.8 Å². The van der Waals surface area contributed by atoms with E-state index >= 15 is 0 Å². The first-order chi connectivity index (χ1) is 15.0. The topological polar surface area (TPSA) is 55.3 Å². The number of carbonyl (C=O) groups is 1. The molecule has 0 saturated heterocycles. The Morgan fingerprint density at radius 2 is 1.55 bits per heavy atom. The molecule has 1 unspecified atom stereocenters. The van der Waals surface area contributed by atoms with E-state index in [0.29, 0.717) is 5.69 Å². The summed E-state index contributed by atoms with van der Waals surface area (Å²) in [4.78, 5) is 24.1. The van der Waals surface area contributed by atoms with Gasteiger partial charge >= 0.3 is 5.97 Å². The van der Waals surface area contributed by atoms with Gasteiger partial charge in [-0.1, -0.05) is 31.2 Å². The van der Waals surface area contributed by atoms with Gasteiger partial charge in [-0.25, -0.2) is 9.78 Å². The van der Waals surface area contributed by atoms with Crippen LogP contribution in [0.25, 0.3) is 0 Å². The third-order valence-electron chi connectivity index (χ3n) is 6.27. The van der Waals surface area contributed by atoms with Crippen molar-refractivity contribution in [2.75, 3.05) is 18.0 Å². The lowest BCUT2D eigenvalue weighted by atomic mass is 9.79. The van der Waals surface area contributed by atoms with Crippen LogP contribution in [0.5, 0.6) is 0 Å². The van der Waals surface area contributed by atoms with Gasteiger partial charge in [0.05, 0.1) is 0 Å². The van der Waals surface area contributed by atoms with Gasteiger partial charge in [0.25, 0.3) is 0 Å². The number of nitrogens with zero attached hydrogens (tertiary/aromatic N) is 3. The molecule has 0 N–H and O–H groups in total. The van der Waals surface area contributed by atoms with Crippen molar-refractivity contribution in [3.63, 3.8) is 0 Å². The van der Waals surface area contributed by atoms with E-state index in [-0.39, 0.29) is 5.69 Å². The van der Waals surface area contributed by atoms with Crippen molar-refractivity contribution < 1.29 is 9.53 Å². The summed E-state index contributed by atoms with van der Waals surface area (Å²) in [5, 5.41) is 0. The van der Waals surface area contributed by atoms with Gasteiger partial charge in [-0.3, -0.25) is 4.98 Å². The van der Waals surface area contributed by atoms with Gasteiger partial charge in [-0.2, -0.15) is 0 Å². The summed E-state index contributed by atoms with van der Waals surface area (Å²) in [6.45, 7) is 12.4. The second-order valence-corrected chi connectivity index (χ2v) is 8.00. The summed E-state index contributed by atoms with van der Waals surface area (Å²) >= 11 is 0. The Morgan fingerprint density at radius 3 is 2.16 bits per heavy atom. The molecule has 1 aliphatic heterocycles. The maximum Gasteiger partial charge on any atom is 0.360 e. The monoisotopic (exact) mass is 415 g/mol. The van der Waals surface area contributed by atoms with Crippen LogP contribution in [0.2, 0.25) is 0 Å². The molecule has 2 heterocycles. The Kier molecular flexibility index (Phi) is 5.52. The van der Waals surface area contributed by atoms with Crippen molar-refractivity contribution in [2.24, 2.45) is 0 Å². The minimum Gasteiger partial charge on any atom is -0.438 e. The van der Waals surface area contributed by atoms with Crippen molar-refractivity contribution in [3.8, 4) is 0 Å². The number of ether oxygens (including phenoxy) is 1. The second kappa shape index (κ2) is 8.14. The maximum atomic E-state index is 12.9. The van der Waals surface area contributed by atoms with Crippen LogP contribution in [0.4, 0.5) is 5.69 Å². The second-order valence-electron chi connectivity index (χ2n) is 8.00. The molecular formula is C26H29N3O2. The highest BCUT2D eigenvalue weighted by Crippen LogP contribution is 2.48. The van der Waals surface area contributed by atoms with Crippen LogP contribution in [-0.2, 0) is 16.8 Å². The van der Waals surface area contributed by atoms with Crippen LogP contribution in [0.1, 0.15) is 64.8 Å². The molecule has 4 rings (SSSR count). The Balaban J connectivity index is 2.00. The molecule has 0 aliphatic carbocycles. The molecule has 5 heteroatoms. The quantitative estimate of drug-likeness (QED) is 0.533. The molecule has 160 valence electrons. The Hall–Kier alpha value is -3.21. The molecule has 0 radical (unpaired) electrons. The van der Waals surface area contributed by atoms with Gasteiger partial charge in [-0.15, -0.1) is 0 Å². The van der Waals surface area contributed by atoms with Gasteiger partial charge in [-0.05, 0) is 62.9 Å². The van der Waals surface area contributed by atoms with Gasteiger partial charge in [0.1, 0.15) is 5.69 Å². The lowest BCUT2D eigenvalue weighted by Gasteiger charge is -2.32. The number of rotatable bonds is 6. The fourth-order valence-electron chi connectivity index (χ4n) is 4.66. The Morgan fingerprint density at radius 1 is 0.903 bits per heavy atom. The predicted molar refractivity (Wildman–Crippen MR) is 123 cm³/mol. The van der Waals surface area contributed by atoms with Crippen molar-refractivity contribution in [2.45, 2.75) is 46.6 Å². The standard InChI is InChI=1S/C26H29N3O2/c1-6-19-9-11-21(17(4)15-19)26(24-23(25(30)31-26)27-13-14-28-24)22-12-10-20(16-18(22)5)29(7-2)8-3/h9-16H,6-8H2,1-5H3. The summed E-state index contributed by atoms with van der Waals surface area (Å²) in [6.07, 6.45) is 4.12. The van der Waals surface area contributed by atoms with Crippen LogP contribution in [0.3, 0.4) is 0 Å². The molecule has 3 aromatic rings. The third kappa shape index (κ3) is 3.29. The van der Waals surface area contributed by atoms with Gasteiger partial charge in [0.2, 0.25) is 5.60 Å². The van der Waals surface area contributed by atoms with E-state index in [2.05, 4.69) is 85.9 Å². The average Bonchev–Trinajstić information content (AvgIpc) is 3.08. The largest absolute Gasteiger partial charge is 0.438 e. The minimum absolute atomic E-state index is 0.286. The zero-order chi connectivity index (χ0) is 22.2. The zero-order valence-corrected chi connectivity index (χ0v) is 18.9. The van der Waals surface area contributed by atoms with E-state index in [1.807, 2.05) is 0 Å². The zero-order valence-electron chi connectivity index (χ0n) is 18.9. The number of aryl methyl sites for hydroxylation is 3. The maximum absolute atomic E-state index is 12.9. The van der Waals surface area contributed by atoms with Gasteiger partial charge in [0.15, 0.2) is 5.69 Å². The van der Waals surface area contributed by atoms with E-state index in [1.165, 1.54) is 5.56 Å². The molecule has 2 aromatic carbocycles. The molecule has 0 amide bonds. The van der Waals surface area contributed by atoms with E-state index in [4.69, 9.17) is 4.74 Å². The van der Waals surface area contributed by atoms with E-state index in [1.54, 1.807) is 12.4 Å². The summed E-state index contributed by atoms with van der Waals surface area (Å²) < 4.78 is 6.20. The fourth-order valence-corrected chi connectivity index (χ4v) is 4.66. The summed E-state index contributed by atoms with van der Waals surface area (Å²) in [5.74, 6) is -0.436. The highest BCUT2D eigenvalue weighted by atomic mass is 16.6. The lowest BCUT2D eigenvalue weighted by molar-refractivity contribution is 0.0237.